The van der Waals surface area contributed by atoms with Crippen molar-refractivity contribution in [3.05, 3.63) is 17.0 Å². The summed E-state index contributed by atoms with van der Waals surface area (Å²) in [7, 11) is 0. The van der Waals surface area contributed by atoms with E-state index in [1.54, 1.807) is 0 Å². The van der Waals surface area contributed by atoms with Crippen molar-refractivity contribution in [1.29, 1.82) is 0 Å². The van der Waals surface area contributed by atoms with Gasteiger partial charge >= 0.3 is 0 Å². The maximum Gasteiger partial charge on any atom is 0.221 e. The van der Waals surface area contributed by atoms with Crippen LogP contribution in [0.3, 0.4) is 0 Å². The summed E-state index contributed by atoms with van der Waals surface area (Å²) in [5.41, 5.74) is 8.23. The topological polar surface area (TPSA) is 83.8 Å². The van der Waals surface area contributed by atoms with E-state index in [9.17, 15) is 4.79 Å². The van der Waals surface area contributed by atoms with Crippen LogP contribution in [0.5, 0.6) is 0 Å². The standard InChI is InChI=1S/C9H16N4O/c1-6-8(7(2)13-12-6)5-11-9(14)3-4-10/h3-5,10H2,1-2H3,(H,11,14)(H,12,13). The lowest BCUT2D eigenvalue weighted by Gasteiger charge is -2.03. The van der Waals surface area contributed by atoms with Gasteiger partial charge in [0.05, 0.1) is 5.69 Å². The van der Waals surface area contributed by atoms with Crippen molar-refractivity contribution >= 4 is 5.91 Å². The fraction of sp³-hybridized carbons (Fsp3) is 0.556. The largest absolute Gasteiger partial charge is 0.352 e. The molecule has 1 rings (SSSR count). The van der Waals surface area contributed by atoms with E-state index in [1.165, 1.54) is 0 Å². The molecular weight excluding hydrogens is 180 g/mol. The average molecular weight is 196 g/mol. The summed E-state index contributed by atoms with van der Waals surface area (Å²) in [6, 6.07) is 0. The Morgan fingerprint density at radius 2 is 2.29 bits per heavy atom. The molecule has 0 bridgehead atoms. The maximum absolute atomic E-state index is 11.1. The minimum absolute atomic E-state index is 0.0208. The number of carbonyl (C=O) groups is 1. The molecule has 78 valence electrons. The molecule has 1 amide bonds. The summed E-state index contributed by atoms with van der Waals surface area (Å²) in [4.78, 5) is 11.1. The molecule has 0 fully saturated rings. The minimum Gasteiger partial charge on any atom is -0.352 e. The molecule has 0 spiro atoms. The van der Waals surface area contributed by atoms with Crippen molar-refractivity contribution in [3.8, 4) is 0 Å². The number of nitrogens with zero attached hydrogens (tertiary/aromatic N) is 1. The second-order valence-electron chi connectivity index (χ2n) is 3.23. The molecule has 0 saturated heterocycles. The van der Waals surface area contributed by atoms with Crippen molar-refractivity contribution in [2.24, 2.45) is 5.73 Å². The maximum atomic E-state index is 11.1. The third kappa shape index (κ3) is 2.56. The zero-order valence-corrected chi connectivity index (χ0v) is 8.55. The number of nitrogens with one attached hydrogen (secondary N) is 2. The van der Waals surface area contributed by atoms with E-state index in [0.29, 0.717) is 19.5 Å². The molecule has 0 atom stereocenters. The van der Waals surface area contributed by atoms with Gasteiger partial charge < -0.3 is 11.1 Å². The number of hydrogen-bond donors (Lipinski definition) is 3. The van der Waals surface area contributed by atoms with E-state index in [1.807, 2.05) is 13.8 Å². The van der Waals surface area contributed by atoms with Crippen molar-refractivity contribution < 1.29 is 4.79 Å². The first-order chi connectivity index (χ1) is 6.65. The molecule has 0 saturated carbocycles. The fourth-order valence-electron chi connectivity index (χ4n) is 1.24. The number of aryl methyl sites for hydroxylation is 2. The quantitative estimate of drug-likeness (QED) is 0.633. The van der Waals surface area contributed by atoms with Crippen molar-refractivity contribution in [3.63, 3.8) is 0 Å². The van der Waals surface area contributed by atoms with Crippen molar-refractivity contribution in [1.82, 2.24) is 15.5 Å². The van der Waals surface area contributed by atoms with E-state index < -0.39 is 0 Å². The van der Waals surface area contributed by atoms with Gasteiger partial charge in [0.25, 0.3) is 0 Å². The van der Waals surface area contributed by atoms with Gasteiger partial charge in [0.2, 0.25) is 5.91 Å². The van der Waals surface area contributed by atoms with E-state index in [2.05, 4.69) is 15.5 Å². The van der Waals surface area contributed by atoms with Crippen LogP contribution >= 0.6 is 0 Å². The highest BCUT2D eigenvalue weighted by Gasteiger charge is 2.07. The third-order valence-electron chi connectivity index (χ3n) is 2.11. The van der Waals surface area contributed by atoms with Crippen LogP contribution in [0, 0.1) is 13.8 Å². The van der Waals surface area contributed by atoms with Crippen molar-refractivity contribution in [2.45, 2.75) is 26.8 Å². The van der Waals surface area contributed by atoms with Crippen molar-refractivity contribution in [2.75, 3.05) is 6.54 Å². The van der Waals surface area contributed by atoms with Crippen LogP contribution in [0.25, 0.3) is 0 Å². The average Bonchev–Trinajstić information content (AvgIpc) is 2.44. The summed E-state index contributed by atoms with van der Waals surface area (Å²) < 4.78 is 0. The number of amides is 1. The Morgan fingerprint density at radius 3 is 2.79 bits per heavy atom. The number of carbonyl (C=O) groups excluding carboxylic acids is 1. The second kappa shape index (κ2) is 4.76. The summed E-state index contributed by atoms with van der Waals surface area (Å²) in [5.74, 6) is -0.0208. The summed E-state index contributed by atoms with van der Waals surface area (Å²) in [6.07, 6.45) is 0.371. The highest BCUT2D eigenvalue weighted by Crippen LogP contribution is 2.08. The lowest BCUT2D eigenvalue weighted by molar-refractivity contribution is -0.121. The molecule has 5 heteroatoms. The van der Waals surface area contributed by atoms with Gasteiger partial charge in [0.1, 0.15) is 0 Å². The number of aromatic nitrogens is 2. The number of H-pyrrole nitrogens is 1. The van der Waals surface area contributed by atoms with Gasteiger partial charge in [-0.3, -0.25) is 9.89 Å². The van der Waals surface area contributed by atoms with E-state index in [4.69, 9.17) is 5.73 Å². The number of hydrogen-bond acceptors (Lipinski definition) is 3. The predicted octanol–water partition coefficient (Wildman–Crippen LogP) is -0.00846. The first-order valence-corrected chi connectivity index (χ1v) is 4.62. The Kier molecular flexibility index (Phi) is 3.64. The van der Waals surface area contributed by atoms with Crippen LogP contribution in [0.1, 0.15) is 23.4 Å². The van der Waals surface area contributed by atoms with Crippen LogP contribution in [0.4, 0.5) is 0 Å². The molecule has 0 unspecified atom stereocenters. The number of rotatable bonds is 4. The van der Waals surface area contributed by atoms with Gasteiger partial charge in [-0.1, -0.05) is 0 Å². The molecule has 0 radical (unpaired) electrons. The van der Waals surface area contributed by atoms with Gasteiger partial charge in [0, 0.05) is 30.8 Å². The molecule has 0 aliphatic heterocycles. The van der Waals surface area contributed by atoms with Gasteiger partial charge in [-0.15, -0.1) is 0 Å². The van der Waals surface area contributed by atoms with Crippen LogP contribution in [-0.2, 0) is 11.3 Å². The van der Waals surface area contributed by atoms with Crippen LogP contribution < -0.4 is 11.1 Å². The molecule has 1 aromatic heterocycles. The van der Waals surface area contributed by atoms with Gasteiger partial charge in [0.15, 0.2) is 0 Å². The van der Waals surface area contributed by atoms with Gasteiger partial charge in [-0.2, -0.15) is 5.10 Å². The molecule has 14 heavy (non-hydrogen) atoms. The monoisotopic (exact) mass is 196 g/mol. The van der Waals surface area contributed by atoms with E-state index in [-0.39, 0.29) is 5.91 Å². The molecular formula is C9H16N4O. The first kappa shape index (κ1) is 10.7. The highest BCUT2D eigenvalue weighted by atomic mass is 16.1. The van der Waals surface area contributed by atoms with E-state index in [0.717, 1.165) is 17.0 Å². The Balaban J connectivity index is 2.49. The molecule has 0 aliphatic rings. The van der Waals surface area contributed by atoms with Crippen LogP contribution in [0.2, 0.25) is 0 Å². The summed E-state index contributed by atoms with van der Waals surface area (Å²) in [5, 5.41) is 9.69. The molecule has 5 nitrogen and oxygen atoms in total. The summed E-state index contributed by atoms with van der Waals surface area (Å²) >= 11 is 0. The Hall–Kier alpha value is -1.36. The Morgan fingerprint density at radius 1 is 1.57 bits per heavy atom. The first-order valence-electron chi connectivity index (χ1n) is 4.62. The molecule has 1 heterocycles. The SMILES string of the molecule is Cc1n[nH]c(C)c1CNC(=O)CCN. The lowest BCUT2D eigenvalue weighted by atomic mass is 10.2. The smallest absolute Gasteiger partial charge is 0.221 e. The Bertz CT molecular complexity index is 299. The van der Waals surface area contributed by atoms with Crippen LogP contribution in [-0.4, -0.2) is 22.6 Å². The van der Waals surface area contributed by atoms with Crippen LogP contribution in [0.15, 0.2) is 0 Å². The van der Waals surface area contributed by atoms with Gasteiger partial charge in [-0.25, -0.2) is 0 Å². The molecule has 1 aromatic rings. The number of nitrogens with two attached hydrogens (primary N) is 1. The zero-order chi connectivity index (χ0) is 10.6. The zero-order valence-electron chi connectivity index (χ0n) is 8.55. The normalized spacial score (nSPS) is 10.2. The molecule has 4 N–H and O–H groups in total. The fourth-order valence-corrected chi connectivity index (χ4v) is 1.24. The third-order valence-corrected chi connectivity index (χ3v) is 2.11. The highest BCUT2D eigenvalue weighted by molar-refractivity contribution is 5.76. The second-order valence-corrected chi connectivity index (χ2v) is 3.23. The Labute approximate surface area is 83.1 Å². The predicted molar refractivity (Wildman–Crippen MR) is 53.6 cm³/mol. The minimum atomic E-state index is -0.0208. The summed E-state index contributed by atoms with van der Waals surface area (Å²) in [6.45, 7) is 4.75. The lowest BCUT2D eigenvalue weighted by Crippen LogP contribution is -2.25. The van der Waals surface area contributed by atoms with E-state index >= 15 is 0 Å². The molecule has 0 aromatic carbocycles. The van der Waals surface area contributed by atoms with Gasteiger partial charge in [-0.05, 0) is 13.8 Å². The molecule has 0 aliphatic carbocycles. The number of aromatic amines is 1.